The Bertz CT molecular complexity index is 455. The Morgan fingerprint density at radius 3 is 2.04 bits per heavy atom. The number of carbonyl (C=O) groups is 2. The molecule has 23 heavy (non-hydrogen) atoms. The van der Waals surface area contributed by atoms with Crippen LogP contribution in [0.25, 0.3) is 0 Å². The van der Waals surface area contributed by atoms with Crippen LogP contribution in [0.4, 0.5) is 0 Å². The number of carbonyl (C=O) groups excluding carboxylic acids is 1. The zero-order chi connectivity index (χ0) is 16.6. The number of rotatable bonds is 5. The van der Waals surface area contributed by atoms with Crippen LogP contribution in [-0.2, 0) is 9.59 Å². The highest BCUT2D eigenvalue weighted by molar-refractivity contribution is 5.79. The van der Waals surface area contributed by atoms with Crippen molar-refractivity contribution in [3.63, 3.8) is 0 Å². The number of hydrogen-bond donors (Lipinski definition) is 1. The first-order chi connectivity index (χ1) is 11.0. The van der Waals surface area contributed by atoms with E-state index < -0.39 is 5.97 Å². The fraction of sp³-hybridized carbons (Fsp3) is 0.889. The summed E-state index contributed by atoms with van der Waals surface area (Å²) in [7, 11) is 0. The quantitative estimate of drug-likeness (QED) is 0.843. The Labute approximate surface area is 139 Å². The zero-order valence-corrected chi connectivity index (χ0v) is 14.4. The maximum atomic E-state index is 12.9. The van der Waals surface area contributed by atoms with Crippen molar-refractivity contribution in [1.29, 1.82) is 0 Å². The molecule has 0 aromatic rings. The third kappa shape index (κ3) is 3.87. The molecule has 3 rings (SSSR count). The van der Waals surface area contributed by atoms with Crippen molar-refractivity contribution in [3.05, 3.63) is 0 Å². The monoisotopic (exact) mass is 322 g/mol. The van der Waals surface area contributed by atoms with Gasteiger partial charge >= 0.3 is 5.97 Å². The van der Waals surface area contributed by atoms with Gasteiger partial charge in [0.15, 0.2) is 0 Å². The van der Waals surface area contributed by atoms with E-state index in [1.807, 2.05) is 11.8 Å². The topological polar surface area (TPSA) is 60.9 Å². The second-order valence-electron chi connectivity index (χ2n) is 8.06. The van der Waals surface area contributed by atoms with Crippen molar-refractivity contribution in [2.45, 2.75) is 64.5 Å². The predicted octanol–water partition coefficient (Wildman–Crippen LogP) is 2.21. The van der Waals surface area contributed by atoms with E-state index in [1.54, 1.807) is 0 Å². The summed E-state index contributed by atoms with van der Waals surface area (Å²) in [6.45, 7) is 5.92. The first kappa shape index (κ1) is 16.7. The van der Waals surface area contributed by atoms with Crippen LogP contribution in [0, 0.1) is 17.8 Å². The summed E-state index contributed by atoms with van der Waals surface area (Å²) < 4.78 is 0. The van der Waals surface area contributed by atoms with E-state index in [4.69, 9.17) is 0 Å². The number of hydrogen-bond acceptors (Lipinski definition) is 3. The summed E-state index contributed by atoms with van der Waals surface area (Å²) in [5, 5.41) is 9.25. The molecule has 3 aliphatic rings. The number of nitrogens with zero attached hydrogens (tertiary/aromatic N) is 2. The maximum absolute atomic E-state index is 12.9. The summed E-state index contributed by atoms with van der Waals surface area (Å²) in [4.78, 5) is 28.4. The fourth-order valence-electron chi connectivity index (χ4n) is 4.37. The average molecular weight is 322 g/mol. The van der Waals surface area contributed by atoms with Gasteiger partial charge in [0.1, 0.15) is 0 Å². The summed E-state index contributed by atoms with van der Waals surface area (Å²) in [6.07, 6.45) is 7.01. The molecular formula is C18H30N2O3. The molecule has 0 spiro atoms. The van der Waals surface area contributed by atoms with Gasteiger partial charge in [-0.25, -0.2) is 0 Å². The summed E-state index contributed by atoms with van der Waals surface area (Å²) in [6, 6.07) is 0.873. The fourth-order valence-corrected chi connectivity index (χ4v) is 4.37. The first-order valence-electron chi connectivity index (χ1n) is 9.22. The number of likely N-dealkylation sites (tertiary alicyclic amines) is 1. The van der Waals surface area contributed by atoms with Gasteiger partial charge in [-0.15, -0.1) is 0 Å². The lowest BCUT2D eigenvalue weighted by molar-refractivity contribution is -0.143. The maximum Gasteiger partial charge on any atom is 0.308 e. The molecule has 0 bridgehead atoms. The molecule has 2 atom stereocenters. The highest BCUT2D eigenvalue weighted by Crippen LogP contribution is 2.35. The zero-order valence-electron chi connectivity index (χ0n) is 14.4. The molecule has 0 aromatic carbocycles. The lowest BCUT2D eigenvalue weighted by Gasteiger charge is -2.37. The third-order valence-electron chi connectivity index (χ3n) is 5.97. The van der Waals surface area contributed by atoms with Crippen molar-refractivity contribution in [2.75, 3.05) is 19.6 Å². The van der Waals surface area contributed by atoms with Crippen molar-refractivity contribution >= 4 is 11.9 Å². The molecule has 2 saturated carbocycles. The number of aliphatic carboxylic acids is 1. The standard InChI is InChI=1S/C18H30N2O3/c1-12-3-5-14(6-4-12)20(15-7-8-15)17(21)11-19-9-13(2)16(10-19)18(22)23/h12-16H,3-11H2,1-2H3,(H,22,23)/t12?,13-,14?,16-/m1/s1. The van der Waals surface area contributed by atoms with E-state index in [9.17, 15) is 14.7 Å². The molecule has 2 aliphatic carbocycles. The van der Waals surface area contributed by atoms with Crippen LogP contribution in [0.2, 0.25) is 0 Å². The van der Waals surface area contributed by atoms with Crippen LogP contribution in [0.5, 0.6) is 0 Å². The minimum absolute atomic E-state index is 0.130. The van der Waals surface area contributed by atoms with E-state index in [-0.39, 0.29) is 17.7 Å². The molecule has 1 saturated heterocycles. The Balaban J connectivity index is 1.58. The van der Waals surface area contributed by atoms with Crippen LogP contribution < -0.4 is 0 Å². The normalized spacial score (nSPS) is 35.2. The predicted molar refractivity (Wildman–Crippen MR) is 88.0 cm³/mol. The highest BCUT2D eigenvalue weighted by Gasteiger charge is 2.41. The largest absolute Gasteiger partial charge is 0.481 e. The molecule has 3 fully saturated rings. The van der Waals surface area contributed by atoms with Gasteiger partial charge in [0.05, 0.1) is 12.5 Å². The van der Waals surface area contributed by atoms with Gasteiger partial charge in [0.2, 0.25) is 5.91 Å². The number of carboxylic acid groups (broad SMARTS) is 1. The Hall–Kier alpha value is -1.10. The summed E-state index contributed by atoms with van der Waals surface area (Å²) in [5.74, 6) is 0.0918. The molecule has 5 nitrogen and oxygen atoms in total. The van der Waals surface area contributed by atoms with Crippen molar-refractivity contribution in [1.82, 2.24) is 9.80 Å². The smallest absolute Gasteiger partial charge is 0.308 e. The minimum Gasteiger partial charge on any atom is -0.481 e. The minimum atomic E-state index is -0.729. The number of carboxylic acids is 1. The molecule has 1 aliphatic heterocycles. The molecule has 130 valence electrons. The van der Waals surface area contributed by atoms with Gasteiger partial charge in [0.25, 0.3) is 0 Å². The molecule has 0 unspecified atom stereocenters. The van der Waals surface area contributed by atoms with E-state index in [0.29, 0.717) is 25.2 Å². The van der Waals surface area contributed by atoms with Crippen LogP contribution in [0.3, 0.4) is 0 Å². The second-order valence-corrected chi connectivity index (χ2v) is 8.06. The third-order valence-corrected chi connectivity index (χ3v) is 5.97. The molecule has 1 N–H and O–H groups in total. The van der Waals surface area contributed by atoms with E-state index in [2.05, 4.69) is 11.8 Å². The molecule has 5 heteroatoms. The molecular weight excluding hydrogens is 292 g/mol. The van der Waals surface area contributed by atoms with E-state index in [1.165, 1.54) is 12.8 Å². The second kappa shape index (κ2) is 6.80. The highest BCUT2D eigenvalue weighted by atomic mass is 16.4. The Morgan fingerprint density at radius 2 is 1.57 bits per heavy atom. The molecule has 1 heterocycles. The first-order valence-corrected chi connectivity index (χ1v) is 9.22. The lowest BCUT2D eigenvalue weighted by Crippen LogP contribution is -2.47. The summed E-state index contributed by atoms with van der Waals surface area (Å²) in [5.41, 5.74) is 0. The van der Waals surface area contributed by atoms with Gasteiger partial charge < -0.3 is 10.0 Å². The Morgan fingerprint density at radius 1 is 1.00 bits per heavy atom. The van der Waals surface area contributed by atoms with Crippen molar-refractivity contribution in [3.8, 4) is 0 Å². The van der Waals surface area contributed by atoms with Gasteiger partial charge in [0, 0.05) is 25.2 Å². The molecule has 0 aromatic heterocycles. The average Bonchev–Trinajstić information content (AvgIpc) is 3.24. The van der Waals surface area contributed by atoms with Crippen LogP contribution in [-0.4, -0.2) is 58.5 Å². The van der Waals surface area contributed by atoms with Crippen LogP contribution in [0.15, 0.2) is 0 Å². The lowest BCUT2D eigenvalue weighted by atomic mass is 9.86. The van der Waals surface area contributed by atoms with Crippen molar-refractivity contribution < 1.29 is 14.7 Å². The van der Waals surface area contributed by atoms with Crippen molar-refractivity contribution in [2.24, 2.45) is 17.8 Å². The van der Waals surface area contributed by atoms with Crippen LogP contribution >= 0.6 is 0 Å². The van der Waals surface area contributed by atoms with Gasteiger partial charge in [-0.3, -0.25) is 14.5 Å². The van der Waals surface area contributed by atoms with E-state index in [0.717, 1.165) is 38.1 Å². The van der Waals surface area contributed by atoms with Gasteiger partial charge in [-0.1, -0.05) is 13.8 Å². The number of amides is 1. The van der Waals surface area contributed by atoms with E-state index >= 15 is 0 Å². The Kier molecular flexibility index (Phi) is 4.95. The van der Waals surface area contributed by atoms with Gasteiger partial charge in [-0.2, -0.15) is 0 Å². The molecule has 0 radical (unpaired) electrons. The van der Waals surface area contributed by atoms with Gasteiger partial charge in [-0.05, 0) is 50.4 Å². The van der Waals surface area contributed by atoms with Crippen LogP contribution in [0.1, 0.15) is 52.4 Å². The SMILES string of the molecule is CC1CCC(N(C(=O)CN2C[C@@H](C)[C@H](C(=O)O)C2)C2CC2)CC1. The summed E-state index contributed by atoms with van der Waals surface area (Å²) >= 11 is 0. The molecule has 1 amide bonds.